The minimum atomic E-state index is -1.49. The number of hydrogen-bond acceptors (Lipinski definition) is 0. The molecule has 0 bridgehead atoms. The van der Waals surface area contributed by atoms with Crippen molar-refractivity contribution in [1.29, 1.82) is 0 Å². The fourth-order valence-corrected chi connectivity index (χ4v) is 10.5. The van der Waals surface area contributed by atoms with Crippen LogP contribution in [0.2, 0.25) is 18.6 Å². The van der Waals surface area contributed by atoms with Crippen molar-refractivity contribution in [3.8, 4) is 0 Å². The Kier molecular flexibility index (Phi) is 13.4. The molecule has 1 rings (SSSR count). The molecular weight excluding hydrogens is 486 g/mol. The summed E-state index contributed by atoms with van der Waals surface area (Å²) in [4.78, 5) is 5.23. The van der Waals surface area contributed by atoms with Crippen molar-refractivity contribution in [1.82, 2.24) is 0 Å². The van der Waals surface area contributed by atoms with Crippen molar-refractivity contribution >= 4 is 8.24 Å². The van der Waals surface area contributed by atoms with Crippen LogP contribution in [0.1, 0.15) is 104 Å². The van der Waals surface area contributed by atoms with E-state index in [4.69, 9.17) is 4.98 Å². The molecule has 0 spiro atoms. The Morgan fingerprint density at radius 1 is 0.562 bits per heavy atom. The Morgan fingerprint density at radius 2 is 0.844 bits per heavy atom. The molecule has 3 nitrogen and oxygen atoms in total. The second kappa shape index (κ2) is 12.4. The molecule has 0 aromatic rings. The van der Waals surface area contributed by atoms with Crippen LogP contribution in [-0.2, 0) is 26.2 Å². The molecule has 0 saturated heterocycles. The molecule has 0 N–H and O–H groups in total. The minimum absolute atomic E-state index is 0. The van der Waals surface area contributed by atoms with Crippen LogP contribution < -0.4 is 0 Å². The number of nitrogens with zero attached hydrogens (tertiary/aromatic N) is 3. The molecule has 5 heteroatoms. The zero-order valence-corrected chi connectivity index (χ0v) is 28.2. The van der Waals surface area contributed by atoms with Crippen molar-refractivity contribution in [2.45, 2.75) is 139 Å². The molecule has 1 aliphatic rings. The second-order valence-corrected chi connectivity index (χ2v) is 17.8. The SMILES string of the molecule is C/C([N-]C(C)(C)C)=C(\C)[N-]C(C)(C)C.CC1C(C)C(C)C([Si](C)(C)[N-]C(C)(C)C)C1C.[Zr+4]. The topological polar surface area (TPSA) is 42.3 Å². The first-order chi connectivity index (χ1) is 13.5. The van der Waals surface area contributed by atoms with E-state index in [0.29, 0.717) is 0 Å². The van der Waals surface area contributed by atoms with Crippen LogP contribution in [0.15, 0.2) is 11.4 Å². The van der Waals surface area contributed by atoms with Gasteiger partial charge in [0.1, 0.15) is 0 Å². The maximum Gasteiger partial charge on any atom is 4.00 e. The Hall–Kier alpha value is 0.400. The molecule has 1 saturated carbocycles. The van der Waals surface area contributed by atoms with Crippen molar-refractivity contribution < 1.29 is 26.2 Å². The number of hydrogen-bond donors (Lipinski definition) is 0. The van der Waals surface area contributed by atoms with Gasteiger partial charge in [0.05, 0.1) is 0 Å². The summed E-state index contributed by atoms with van der Waals surface area (Å²) in [6, 6.07) is 0. The molecule has 0 amide bonds. The van der Waals surface area contributed by atoms with Gasteiger partial charge in [-0.15, -0.1) is 16.6 Å². The quantitative estimate of drug-likeness (QED) is 0.318. The van der Waals surface area contributed by atoms with E-state index in [1.807, 2.05) is 13.8 Å². The maximum atomic E-state index is 5.23. The summed E-state index contributed by atoms with van der Waals surface area (Å²) in [6.45, 7) is 38.1. The average Bonchev–Trinajstić information content (AvgIpc) is 2.66. The maximum absolute atomic E-state index is 5.23. The Labute approximate surface area is 223 Å². The standard InChI is InChI=1S/C15H32NSi.C12H24N2.Zr/c1-10-11(2)13(4)14(12(10)3)17(8,9)16-15(5,6)7;1-9(13-11(3,4)5)10(2)14-12(6,7)8;/h10-14H,1-9H3;1-8H3;/q-1;-2;+4/b;10-9-;. The first-order valence-electron chi connectivity index (χ1n) is 12.4. The van der Waals surface area contributed by atoms with Crippen molar-refractivity contribution in [3.05, 3.63) is 27.0 Å². The zero-order chi connectivity index (χ0) is 25.2. The Morgan fingerprint density at radius 3 is 1.06 bits per heavy atom. The van der Waals surface area contributed by atoms with Gasteiger partial charge in [-0.2, -0.15) is 11.4 Å². The average molecular weight is 542 g/mol. The second-order valence-electron chi connectivity index (χ2n) is 13.6. The van der Waals surface area contributed by atoms with Crippen LogP contribution >= 0.6 is 0 Å². The Bertz CT molecular complexity index is 555. The summed E-state index contributed by atoms with van der Waals surface area (Å²) in [5.74, 6) is 3.40. The summed E-state index contributed by atoms with van der Waals surface area (Å²) in [5, 5.41) is 9.16. The molecular formula is C27H56N3SiZr+. The zero-order valence-electron chi connectivity index (χ0n) is 24.7. The van der Waals surface area contributed by atoms with Gasteiger partial charge in [0.15, 0.2) is 0 Å². The molecule has 0 aliphatic heterocycles. The number of rotatable bonds is 4. The molecule has 1 aliphatic carbocycles. The predicted octanol–water partition coefficient (Wildman–Crippen LogP) is 9.87. The van der Waals surface area contributed by atoms with Gasteiger partial charge < -0.3 is 15.6 Å². The van der Waals surface area contributed by atoms with Crippen molar-refractivity contribution in [2.75, 3.05) is 0 Å². The molecule has 4 unspecified atom stereocenters. The third-order valence-electron chi connectivity index (χ3n) is 6.59. The normalized spacial score (nSPS) is 27.6. The van der Waals surface area contributed by atoms with Gasteiger partial charge in [-0.3, -0.25) is 0 Å². The van der Waals surface area contributed by atoms with Crippen LogP contribution in [0.4, 0.5) is 0 Å². The van der Waals surface area contributed by atoms with Crippen LogP contribution in [0.3, 0.4) is 0 Å². The van der Waals surface area contributed by atoms with Gasteiger partial charge in [0, 0.05) is 0 Å². The van der Waals surface area contributed by atoms with Crippen molar-refractivity contribution in [2.24, 2.45) is 23.7 Å². The van der Waals surface area contributed by atoms with Crippen LogP contribution in [0.5, 0.6) is 0 Å². The Balaban J connectivity index is 0. The van der Waals surface area contributed by atoms with Crippen LogP contribution in [0, 0.1) is 23.7 Å². The molecule has 0 radical (unpaired) electrons. The molecule has 0 aromatic carbocycles. The smallest absolute Gasteiger partial charge is 0.685 e. The van der Waals surface area contributed by atoms with Gasteiger partial charge in [-0.1, -0.05) is 131 Å². The summed E-state index contributed by atoms with van der Waals surface area (Å²) < 4.78 is 0. The van der Waals surface area contributed by atoms with Crippen LogP contribution in [0.25, 0.3) is 15.6 Å². The van der Waals surface area contributed by atoms with Crippen molar-refractivity contribution in [3.63, 3.8) is 0 Å². The molecule has 0 aromatic heterocycles. The van der Waals surface area contributed by atoms with E-state index in [9.17, 15) is 0 Å². The minimum Gasteiger partial charge on any atom is -0.685 e. The van der Waals surface area contributed by atoms with Gasteiger partial charge >= 0.3 is 26.2 Å². The van der Waals surface area contributed by atoms with Gasteiger partial charge in [-0.25, -0.2) is 0 Å². The van der Waals surface area contributed by atoms with E-state index in [2.05, 4.69) is 114 Å². The van der Waals surface area contributed by atoms with Gasteiger partial charge in [-0.05, 0) is 23.7 Å². The van der Waals surface area contributed by atoms with Gasteiger partial charge in [0.25, 0.3) is 0 Å². The van der Waals surface area contributed by atoms with E-state index in [1.54, 1.807) is 0 Å². The molecule has 1 fully saturated rings. The monoisotopic (exact) mass is 540 g/mol. The molecule has 186 valence electrons. The first-order valence-corrected chi connectivity index (χ1v) is 15.4. The van der Waals surface area contributed by atoms with Crippen LogP contribution in [-0.4, -0.2) is 24.9 Å². The van der Waals surface area contributed by atoms with E-state index in [0.717, 1.165) is 40.6 Å². The fourth-order valence-electron chi connectivity index (χ4n) is 5.48. The molecule has 4 atom stereocenters. The van der Waals surface area contributed by atoms with E-state index in [1.165, 1.54) is 0 Å². The summed E-state index contributed by atoms with van der Waals surface area (Å²) in [5.41, 5.74) is 3.02. The van der Waals surface area contributed by atoms with E-state index in [-0.39, 0.29) is 42.8 Å². The fraction of sp³-hybridized carbons (Fsp3) is 0.926. The third-order valence-corrected chi connectivity index (χ3v) is 10.5. The first kappa shape index (κ1) is 34.6. The number of allylic oxidation sites excluding steroid dienone is 2. The molecule has 0 heterocycles. The third kappa shape index (κ3) is 12.2. The molecule has 32 heavy (non-hydrogen) atoms. The largest absolute Gasteiger partial charge is 4.00 e. The predicted molar refractivity (Wildman–Crippen MR) is 146 cm³/mol. The van der Waals surface area contributed by atoms with E-state index >= 15 is 0 Å². The summed E-state index contributed by atoms with van der Waals surface area (Å²) in [6.07, 6.45) is 0. The van der Waals surface area contributed by atoms with Gasteiger partial charge in [0.2, 0.25) is 0 Å². The summed E-state index contributed by atoms with van der Waals surface area (Å²) >= 11 is 0. The summed E-state index contributed by atoms with van der Waals surface area (Å²) in [7, 11) is -1.49. The van der Waals surface area contributed by atoms with E-state index < -0.39 is 8.24 Å².